The van der Waals surface area contributed by atoms with Crippen LogP contribution in [0.3, 0.4) is 0 Å². The molecule has 0 saturated carbocycles. The zero-order chi connectivity index (χ0) is 16.2. The van der Waals surface area contributed by atoms with Gasteiger partial charge in [-0.25, -0.2) is 0 Å². The van der Waals surface area contributed by atoms with Crippen molar-refractivity contribution in [1.29, 1.82) is 0 Å². The highest BCUT2D eigenvalue weighted by Gasteiger charge is 2.09. The minimum atomic E-state index is 0. The van der Waals surface area contributed by atoms with E-state index in [-0.39, 0.29) is 29.9 Å². The van der Waals surface area contributed by atoms with E-state index in [4.69, 9.17) is 4.74 Å². The van der Waals surface area contributed by atoms with Gasteiger partial charge in [0.15, 0.2) is 5.96 Å². The van der Waals surface area contributed by atoms with Crippen molar-refractivity contribution in [2.24, 2.45) is 4.99 Å². The van der Waals surface area contributed by atoms with E-state index in [9.17, 15) is 4.79 Å². The molecule has 0 aliphatic heterocycles. The zero-order valence-electron chi connectivity index (χ0n) is 14.0. The van der Waals surface area contributed by atoms with Crippen molar-refractivity contribution in [2.45, 2.75) is 13.0 Å². The number of carbonyl (C=O) groups is 1. The number of methoxy groups -OCH3 is 1. The number of hydrogen-bond donors (Lipinski definition) is 2. The average Bonchev–Trinajstić information content (AvgIpc) is 2.54. The second-order valence-electron chi connectivity index (χ2n) is 4.90. The van der Waals surface area contributed by atoms with E-state index in [1.807, 2.05) is 37.4 Å². The average molecular weight is 434 g/mol. The number of nitrogens with one attached hydrogen (secondary N) is 2. The molecule has 0 fully saturated rings. The fourth-order valence-electron chi connectivity index (χ4n) is 1.92. The molecule has 6 nitrogen and oxygen atoms in total. The summed E-state index contributed by atoms with van der Waals surface area (Å²) in [5.41, 5.74) is 1.13. The lowest BCUT2D eigenvalue weighted by molar-refractivity contribution is -0.130. The fourth-order valence-corrected chi connectivity index (χ4v) is 1.92. The molecule has 0 spiro atoms. The maximum atomic E-state index is 12.1. The highest BCUT2D eigenvalue weighted by atomic mass is 127. The van der Waals surface area contributed by atoms with E-state index < -0.39 is 0 Å². The molecular weight excluding hydrogens is 407 g/mol. The van der Waals surface area contributed by atoms with E-state index in [1.54, 1.807) is 19.1 Å². The molecule has 0 aliphatic carbocycles. The lowest BCUT2D eigenvalue weighted by atomic mass is 10.2. The van der Waals surface area contributed by atoms with Crippen molar-refractivity contribution in [1.82, 2.24) is 15.5 Å². The minimum absolute atomic E-state index is 0. The third kappa shape index (κ3) is 9.39. The molecule has 130 valence electrons. The predicted molar refractivity (Wildman–Crippen MR) is 104 cm³/mol. The number of benzene rings is 1. The van der Waals surface area contributed by atoms with Gasteiger partial charge < -0.3 is 20.3 Å². The molecule has 0 saturated heterocycles. The number of guanidine groups is 1. The van der Waals surface area contributed by atoms with Gasteiger partial charge >= 0.3 is 0 Å². The van der Waals surface area contributed by atoms with Gasteiger partial charge in [-0.15, -0.1) is 24.0 Å². The highest BCUT2D eigenvalue weighted by molar-refractivity contribution is 14.0. The van der Waals surface area contributed by atoms with Gasteiger partial charge in [0.05, 0.1) is 6.61 Å². The normalized spacial score (nSPS) is 10.7. The highest BCUT2D eigenvalue weighted by Crippen LogP contribution is 2.03. The van der Waals surface area contributed by atoms with Gasteiger partial charge in [0, 0.05) is 47.3 Å². The van der Waals surface area contributed by atoms with Crippen LogP contribution in [0, 0.1) is 0 Å². The molecule has 1 amide bonds. The minimum Gasteiger partial charge on any atom is -0.383 e. The van der Waals surface area contributed by atoms with Gasteiger partial charge in [0.2, 0.25) is 5.91 Å². The van der Waals surface area contributed by atoms with E-state index >= 15 is 0 Å². The van der Waals surface area contributed by atoms with Crippen LogP contribution in [0.25, 0.3) is 0 Å². The van der Waals surface area contributed by atoms with Crippen LogP contribution in [0.2, 0.25) is 0 Å². The summed E-state index contributed by atoms with van der Waals surface area (Å²) in [4.78, 5) is 17.9. The van der Waals surface area contributed by atoms with E-state index in [2.05, 4.69) is 15.6 Å². The molecule has 1 rings (SSSR count). The molecule has 0 unspecified atom stereocenters. The molecule has 0 bridgehead atoms. The van der Waals surface area contributed by atoms with Crippen molar-refractivity contribution >= 4 is 35.8 Å². The first-order valence-electron chi connectivity index (χ1n) is 7.38. The maximum absolute atomic E-state index is 12.1. The molecule has 0 radical (unpaired) electrons. The Hall–Kier alpha value is -1.35. The quantitative estimate of drug-likeness (QED) is 0.282. The van der Waals surface area contributed by atoms with Gasteiger partial charge in [-0.2, -0.15) is 0 Å². The number of amides is 1. The van der Waals surface area contributed by atoms with Gasteiger partial charge in [0.25, 0.3) is 0 Å². The summed E-state index contributed by atoms with van der Waals surface area (Å²) in [6.45, 7) is 2.46. The van der Waals surface area contributed by atoms with Gasteiger partial charge in [0.1, 0.15) is 0 Å². The molecule has 0 aliphatic rings. The molecule has 0 aromatic heterocycles. The monoisotopic (exact) mass is 434 g/mol. The van der Waals surface area contributed by atoms with Crippen LogP contribution < -0.4 is 10.6 Å². The van der Waals surface area contributed by atoms with Crippen LogP contribution in [0.15, 0.2) is 35.3 Å². The lowest BCUT2D eigenvalue weighted by Gasteiger charge is -2.18. The number of hydrogen-bond acceptors (Lipinski definition) is 3. The number of nitrogens with zero attached hydrogens (tertiary/aromatic N) is 2. The number of rotatable bonds is 8. The van der Waals surface area contributed by atoms with Crippen molar-refractivity contribution in [2.75, 3.05) is 40.9 Å². The van der Waals surface area contributed by atoms with E-state index in [0.717, 1.165) is 5.56 Å². The Bertz CT molecular complexity index is 468. The Kier molecular flexibility index (Phi) is 12.4. The summed E-state index contributed by atoms with van der Waals surface area (Å²) < 4.78 is 4.96. The maximum Gasteiger partial charge on any atom is 0.224 e. The Morgan fingerprint density at radius 1 is 1.22 bits per heavy atom. The molecular formula is C16H27IN4O2. The molecule has 0 heterocycles. The van der Waals surface area contributed by atoms with E-state index in [1.165, 1.54) is 0 Å². The van der Waals surface area contributed by atoms with Crippen LogP contribution >= 0.6 is 24.0 Å². The van der Waals surface area contributed by atoms with Crippen LogP contribution in [-0.2, 0) is 16.1 Å². The summed E-state index contributed by atoms with van der Waals surface area (Å²) in [5.74, 6) is 0.777. The molecule has 1 aromatic carbocycles. The first kappa shape index (κ1) is 21.6. The predicted octanol–water partition coefficient (Wildman–Crippen LogP) is 1.46. The van der Waals surface area contributed by atoms with Crippen LogP contribution in [0.5, 0.6) is 0 Å². The summed E-state index contributed by atoms with van der Waals surface area (Å²) in [6, 6.07) is 9.96. The van der Waals surface area contributed by atoms with Crippen LogP contribution in [0.1, 0.15) is 12.0 Å². The van der Waals surface area contributed by atoms with Gasteiger partial charge in [-0.3, -0.25) is 9.79 Å². The SMILES string of the molecule is CN=C(NCCOC)NCCC(=O)N(C)Cc1ccccc1.I. The fraction of sp³-hybridized carbons (Fsp3) is 0.500. The number of halogens is 1. The Morgan fingerprint density at radius 2 is 1.87 bits per heavy atom. The van der Waals surface area contributed by atoms with Crippen molar-refractivity contribution in [3.63, 3.8) is 0 Å². The zero-order valence-corrected chi connectivity index (χ0v) is 16.4. The van der Waals surface area contributed by atoms with E-state index in [0.29, 0.717) is 38.6 Å². The van der Waals surface area contributed by atoms with Crippen LogP contribution in [-0.4, -0.2) is 57.7 Å². The molecule has 23 heavy (non-hydrogen) atoms. The number of carbonyl (C=O) groups excluding carboxylic acids is 1. The Morgan fingerprint density at radius 3 is 2.48 bits per heavy atom. The molecule has 7 heteroatoms. The first-order valence-corrected chi connectivity index (χ1v) is 7.38. The van der Waals surface area contributed by atoms with Crippen LogP contribution in [0.4, 0.5) is 0 Å². The summed E-state index contributed by atoms with van der Waals surface area (Å²) in [6.07, 6.45) is 0.425. The van der Waals surface area contributed by atoms with Crippen molar-refractivity contribution < 1.29 is 9.53 Å². The topological polar surface area (TPSA) is 66.0 Å². The van der Waals surface area contributed by atoms with Crippen molar-refractivity contribution in [3.8, 4) is 0 Å². The summed E-state index contributed by atoms with van der Waals surface area (Å²) >= 11 is 0. The number of aliphatic imine (C=N–C) groups is 1. The van der Waals surface area contributed by atoms with Gasteiger partial charge in [-0.05, 0) is 5.56 Å². The molecule has 0 atom stereocenters. The third-order valence-electron chi connectivity index (χ3n) is 3.14. The molecule has 2 N–H and O–H groups in total. The summed E-state index contributed by atoms with van der Waals surface area (Å²) in [5, 5.41) is 6.22. The lowest BCUT2D eigenvalue weighted by Crippen LogP contribution is -2.40. The Balaban J connectivity index is 0.00000484. The molecule has 1 aromatic rings. The van der Waals surface area contributed by atoms with Gasteiger partial charge in [-0.1, -0.05) is 30.3 Å². The largest absolute Gasteiger partial charge is 0.383 e. The standard InChI is InChI=1S/C16H26N4O2.HI/c1-17-16(19-11-12-22-3)18-10-9-15(21)20(2)13-14-7-5-4-6-8-14;/h4-8H,9-13H2,1-3H3,(H2,17,18,19);1H. The second kappa shape index (κ2) is 13.1. The first-order chi connectivity index (χ1) is 10.7. The second-order valence-corrected chi connectivity index (χ2v) is 4.90. The smallest absolute Gasteiger partial charge is 0.224 e. The number of ether oxygens (including phenoxy) is 1. The summed E-state index contributed by atoms with van der Waals surface area (Å²) in [7, 11) is 5.17. The Labute approximate surface area is 155 Å². The van der Waals surface area contributed by atoms with Crippen molar-refractivity contribution in [3.05, 3.63) is 35.9 Å². The third-order valence-corrected chi connectivity index (χ3v) is 3.14.